The van der Waals surface area contributed by atoms with Crippen LogP contribution < -0.4 is 5.32 Å². The molecule has 0 spiro atoms. The number of anilines is 1. The monoisotopic (exact) mass is 284 g/mol. The molecule has 2 aromatic heterocycles. The van der Waals surface area contributed by atoms with Gasteiger partial charge < -0.3 is 0 Å². The van der Waals surface area contributed by atoms with Gasteiger partial charge in [0, 0.05) is 5.38 Å². The third kappa shape index (κ3) is 2.57. The molecule has 1 N–H and O–H groups in total. The second-order valence-corrected chi connectivity index (χ2v) is 4.85. The van der Waals surface area contributed by atoms with Crippen molar-refractivity contribution in [3.8, 4) is 0 Å². The summed E-state index contributed by atoms with van der Waals surface area (Å²) in [6.45, 7) is 0. The molecule has 76 valence electrons. The van der Waals surface area contributed by atoms with Gasteiger partial charge in [0.05, 0.1) is 21.7 Å². The smallest absolute Gasteiger partial charge is 0.258 e. The predicted molar refractivity (Wildman–Crippen MR) is 59.8 cm³/mol. The van der Waals surface area contributed by atoms with Crippen molar-refractivity contribution in [2.24, 2.45) is 0 Å². The molecule has 0 radical (unpaired) electrons. The zero-order valence-electron chi connectivity index (χ0n) is 7.35. The first-order chi connectivity index (χ1) is 7.25. The van der Waals surface area contributed by atoms with Crippen molar-refractivity contribution < 1.29 is 4.79 Å². The molecule has 7 heteroatoms. The van der Waals surface area contributed by atoms with Gasteiger partial charge in [-0.15, -0.1) is 16.4 Å². The summed E-state index contributed by atoms with van der Waals surface area (Å²) < 4.78 is 0.903. The summed E-state index contributed by atoms with van der Waals surface area (Å²) in [5.41, 5.74) is 0.569. The molecule has 2 rings (SSSR count). The maximum atomic E-state index is 11.6. The van der Waals surface area contributed by atoms with E-state index in [9.17, 15) is 4.79 Å². The lowest BCUT2D eigenvalue weighted by Crippen LogP contribution is -2.13. The van der Waals surface area contributed by atoms with Gasteiger partial charge in [-0.1, -0.05) is 0 Å². The highest BCUT2D eigenvalue weighted by Gasteiger charge is 2.09. The van der Waals surface area contributed by atoms with E-state index in [-0.39, 0.29) is 11.9 Å². The average Bonchev–Trinajstić information content (AvgIpc) is 2.66. The lowest BCUT2D eigenvalue weighted by atomic mass is 10.3. The Hall–Kier alpha value is -1.34. The Bertz CT molecular complexity index is 473. The fourth-order valence-electron chi connectivity index (χ4n) is 0.908. The van der Waals surface area contributed by atoms with Gasteiger partial charge in [0.15, 0.2) is 0 Å². The number of hydrogen-bond donors (Lipinski definition) is 1. The minimum atomic E-state index is -0.245. The number of nitrogens with one attached hydrogen (secondary N) is 1. The third-order valence-electron chi connectivity index (χ3n) is 1.54. The zero-order valence-corrected chi connectivity index (χ0v) is 9.75. The van der Waals surface area contributed by atoms with Crippen molar-refractivity contribution in [2.45, 2.75) is 0 Å². The van der Waals surface area contributed by atoms with Gasteiger partial charge in [0.2, 0.25) is 5.95 Å². The van der Waals surface area contributed by atoms with Crippen molar-refractivity contribution in [3.63, 3.8) is 0 Å². The van der Waals surface area contributed by atoms with Crippen molar-refractivity contribution in [1.82, 2.24) is 15.2 Å². The maximum Gasteiger partial charge on any atom is 0.258 e. The van der Waals surface area contributed by atoms with Crippen LogP contribution in [0.2, 0.25) is 0 Å². The SMILES string of the molecule is O=C(Nc1nccnn1)c1csc(Br)c1. The fraction of sp³-hybridized carbons (Fsp3) is 0. The van der Waals surface area contributed by atoms with E-state index in [0.717, 1.165) is 3.79 Å². The van der Waals surface area contributed by atoms with E-state index in [1.807, 2.05) is 0 Å². The predicted octanol–water partition coefficient (Wildman–Crippen LogP) is 1.95. The highest BCUT2D eigenvalue weighted by molar-refractivity contribution is 9.11. The van der Waals surface area contributed by atoms with E-state index in [1.54, 1.807) is 11.4 Å². The molecular weight excluding hydrogens is 280 g/mol. The van der Waals surface area contributed by atoms with Crippen LogP contribution in [0.1, 0.15) is 10.4 Å². The number of rotatable bonds is 2. The Balaban J connectivity index is 2.11. The number of hydrogen-bond acceptors (Lipinski definition) is 5. The van der Waals surface area contributed by atoms with Crippen LogP contribution in [-0.2, 0) is 0 Å². The van der Waals surface area contributed by atoms with E-state index in [2.05, 4.69) is 36.4 Å². The Morgan fingerprint density at radius 3 is 2.93 bits per heavy atom. The van der Waals surface area contributed by atoms with Crippen LogP contribution in [0.3, 0.4) is 0 Å². The molecule has 0 atom stereocenters. The molecule has 15 heavy (non-hydrogen) atoms. The highest BCUT2D eigenvalue weighted by atomic mass is 79.9. The van der Waals surface area contributed by atoms with Crippen LogP contribution in [0.25, 0.3) is 0 Å². The molecule has 2 aromatic rings. The molecule has 2 heterocycles. The van der Waals surface area contributed by atoms with Crippen LogP contribution in [0.5, 0.6) is 0 Å². The number of thiophene rings is 1. The summed E-state index contributed by atoms with van der Waals surface area (Å²) >= 11 is 4.72. The lowest BCUT2D eigenvalue weighted by molar-refractivity contribution is 0.102. The number of aromatic nitrogens is 3. The highest BCUT2D eigenvalue weighted by Crippen LogP contribution is 2.20. The molecule has 5 nitrogen and oxygen atoms in total. The van der Waals surface area contributed by atoms with E-state index >= 15 is 0 Å². The second kappa shape index (κ2) is 4.45. The van der Waals surface area contributed by atoms with Crippen LogP contribution in [0.4, 0.5) is 5.95 Å². The first kappa shape index (κ1) is 10.2. The van der Waals surface area contributed by atoms with E-state index in [0.29, 0.717) is 5.56 Å². The Kier molecular flexibility index (Phi) is 3.02. The maximum absolute atomic E-state index is 11.6. The lowest BCUT2D eigenvalue weighted by Gasteiger charge is -1.98. The minimum Gasteiger partial charge on any atom is -0.289 e. The topological polar surface area (TPSA) is 67.8 Å². The van der Waals surface area contributed by atoms with Crippen LogP contribution in [0.15, 0.2) is 27.6 Å². The fourth-order valence-corrected chi connectivity index (χ4v) is 2.04. The van der Waals surface area contributed by atoms with Gasteiger partial charge in [-0.3, -0.25) is 10.1 Å². The molecule has 0 aromatic carbocycles. The molecule has 0 saturated carbocycles. The number of halogens is 1. The van der Waals surface area contributed by atoms with Crippen LogP contribution in [-0.4, -0.2) is 21.1 Å². The number of carbonyl (C=O) groups is 1. The van der Waals surface area contributed by atoms with Crippen molar-refractivity contribution in [1.29, 1.82) is 0 Å². The Labute approximate surface area is 97.7 Å². The van der Waals surface area contributed by atoms with E-state index in [1.165, 1.54) is 23.7 Å². The van der Waals surface area contributed by atoms with Crippen LogP contribution >= 0.6 is 27.3 Å². The zero-order chi connectivity index (χ0) is 10.7. The first-order valence-corrected chi connectivity index (χ1v) is 5.62. The quantitative estimate of drug-likeness (QED) is 0.915. The number of amides is 1. The molecule has 0 unspecified atom stereocenters. The van der Waals surface area contributed by atoms with Gasteiger partial charge in [0.1, 0.15) is 0 Å². The van der Waals surface area contributed by atoms with Gasteiger partial charge in [-0.05, 0) is 22.0 Å². The first-order valence-electron chi connectivity index (χ1n) is 3.95. The Morgan fingerprint density at radius 1 is 1.47 bits per heavy atom. The molecule has 0 bridgehead atoms. The summed E-state index contributed by atoms with van der Waals surface area (Å²) in [7, 11) is 0. The summed E-state index contributed by atoms with van der Waals surface area (Å²) in [4.78, 5) is 15.4. The summed E-state index contributed by atoms with van der Waals surface area (Å²) in [5.74, 6) is -0.0465. The molecule has 0 aliphatic heterocycles. The largest absolute Gasteiger partial charge is 0.289 e. The minimum absolute atomic E-state index is 0.199. The van der Waals surface area contributed by atoms with E-state index < -0.39 is 0 Å². The molecule has 1 amide bonds. The van der Waals surface area contributed by atoms with Crippen molar-refractivity contribution >= 4 is 39.1 Å². The van der Waals surface area contributed by atoms with Gasteiger partial charge >= 0.3 is 0 Å². The summed E-state index contributed by atoms with van der Waals surface area (Å²) in [6.07, 6.45) is 2.91. The average molecular weight is 285 g/mol. The normalized spacial score (nSPS) is 9.93. The molecular formula is C8H5BrN4OS. The number of carbonyl (C=O) groups excluding carboxylic acids is 1. The standard InChI is InChI=1S/C8H5BrN4OS/c9-6-3-5(4-15-6)7(14)12-8-10-1-2-11-13-8/h1-4H,(H,10,12,13,14). The van der Waals surface area contributed by atoms with Crippen molar-refractivity contribution in [2.75, 3.05) is 5.32 Å². The van der Waals surface area contributed by atoms with E-state index in [4.69, 9.17) is 0 Å². The molecule has 0 fully saturated rings. The molecule has 0 aliphatic carbocycles. The second-order valence-electron chi connectivity index (χ2n) is 2.56. The summed E-state index contributed by atoms with van der Waals surface area (Å²) in [6, 6.07) is 1.73. The number of nitrogens with zero attached hydrogens (tertiary/aromatic N) is 3. The third-order valence-corrected chi connectivity index (χ3v) is 3.04. The van der Waals surface area contributed by atoms with Gasteiger partial charge in [0.25, 0.3) is 5.91 Å². The van der Waals surface area contributed by atoms with Crippen molar-refractivity contribution in [3.05, 3.63) is 33.2 Å². The van der Waals surface area contributed by atoms with Crippen LogP contribution in [0, 0.1) is 0 Å². The molecule has 0 saturated heterocycles. The summed E-state index contributed by atoms with van der Waals surface area (Å²) in [5, 5.41) is 11.5. The molecule has 0 aliphatic rings. The van der Waals surface area contributed by atoms with Gasteiger partial charge in [-0.2, -0.15) is 5.10 Å². The van der Waals surface area contributed by atoms with Gasteiger partial charge in [-0.25, -0.2) is 4.98 Å². The Morgan fingerprint density at radius 2 is 2.33 bits per heavy atom.